The number of rotatable bonds is 4. The van der Waals surface area contributed by atoms with Crippen molar-refractivity contribution in [1.29, 1.82) is 0 Å². The van der Waals surface area contributed by atoms with Gasteiger partial charge in [-0.2, -0.15) is 18.3 Å². The summed E-state index contributed by atoms with van der Waals surface area (Å²) in [6, 6.07) is 0.962. The molecule has 0 bridgehead atoms. The number of alkyl halides is 5. The molecule has 1 amide bonds. The molecule has 2 saturated heterocycles. The van der Waals surface area contributed by atoms with Crippen molar-refractivity contribution < 1.29 is 26.7 Å². The number of hydrogen-bond donors (Lipinski definition) is 0. The molecule has 0 radical (unpaired) electrons. The first-order valence-corrected chi connectivity index (χ1v) is 11.1. The van der Waals surface area contributed by atoms with E-state index in [9.17, 15) is 26.7 Å². The zero-order valence-corrected chi connectivity index (χ0v) is 18.8. The molecular formula is C22H22F5N7O. The van der Waals surface area contributed by atoms with Crippen molar-refractivity contribution in [2.24, 2.45) is 5.41 Å². The Morgan fingerprint density at radius 1 is 1.11 bits per heavy atom. The number of piperidine rings is 1. The highest BCUT2D eigenvalue weighted by molar-refractivity contribution is 5.97. The lowest BCUT2D eigenvalue weighted by Gasteiger charge is -2.39. The normalized spacial score (nSPS) is 18.4. The molecule has 5 rings (SSSR count). The fourth-order valence-electron chi connectivity index (χ4n) is 4.90. The molecular weight excluding hydrogens is 473 g/mol. The molecule has 0 atom stereocenters. The van der Waals surface area contributed by atoms with Gasteiger partial charge in [0.15, 0.2) is 5.65 Å². The molecule has 2 aliphatic heterocycles. The summed E-state index contributed by atoms with van der Waals surface area (Å²) in [5.41, 5.74) is 0.167. The standard InChI is InChI=1S/C22H22F5N7O/c1-13-6-16(22(25,26)27)29-9-15(13)33-12-21(7-19(33)35)2-4-32(5-3-21)18-10-28-14-8-30-34(11-17(23)24)20(14)31-18/h6,8-10,17H,2-5,7,11-12H2,1H3. The van der Waals surface area contributed by atoms with Gasteiger partial charge in [0.2, 0.25) is 5.91 Å². The highest BCUT2D eigenvalue weighted by Crippen LogP contribution is 2.44. The summed E-state index contributed by atoms with van der Waals surface area (Å²) in [4.78, 5) is 28.7. The third kappa shape index (κ3) is 4.39. The number of halogens is 5. The summed E-state index contributed by atoms with van der Waals surface area (Å²) in [6.45, 7) is 2.53. The molecule has 2 fully saturated rings. The molecule has 3 aromatic rings. The van der Waals surface area contributed by atoms with Gasteiger partial charge in [0.05, 0.1) is 24.3 Å². The van der Waals surface area contributed by atoms with Gasteiger partial charge in [-0.1, -0.05) is 0 Å². The van der Waals surface area contributed by atoms with Crippen molar-refractivity contribution in [3.05, 3.63) is 35.9 Å². The molecule has 3 aromatic heterocycles. The highest BCUT2D eigenvalue weighted by atomic mass is 19.4. The van der Waals surface area contributed by atoms with Gasteiger partial charge in [-0.05, 0) is 31.4 Å². The first-order chi connectivity index (χ1) is 16.5. The number of anilines is 2. The van der Waals surface area contributed by atoms with Gasteiger partial charge in [-0.15, -0.1) is 0 Å². The minimum Gasteiger partial charge on any atom is -0.355 e. The van der Waals surface area contributed by atoms with Crippen LogP contribution in [0.2, 0.25) is 0 Å². The Hall–Kier alpha value is -3.38. The Bertz CT molecular complexity index is 1270. The maximum Gasteiger partial charge on any atom is 0.433 e. The highest BCUT2D eigenvalue weighted by Gasteiger charge is 2.46. The van der Waals surface area contributed by atoms with E-state index in [-0.39, 0.29) is 17.0 Å². The number of nitrogens with zero attached hydrogens (tertiary/aromatic N) is 7. The SMILES string of the molecule is Cc1cc(C(F)(F)F)ncc1N1CC2(CCN(c3cnc4cnn(CC(F)F)c4n3)CC2)CC1=O. The number of carbonyl (C=O) groups excluding carboxylic acids is 1. The second kappa shape index (κ2) is 8.38. The van der Waals surface area contributed by atoms with E-state index in [0.717, 1.165) is 16.9 Å². The van der Waals surface area contributed by atoms with Gasteiger partial charge < -0.3 is 9.80 Å². The van der Waals surface area contributed by atoms with Crippen molar-refractivity contribution in [1.82, 2.24) is 24.7 Å². The van der Waals surface area contributed by atoms with E-state index < -0.39 is 24.8 Å². The van der Waals surface area contributed by atoms with Crippen LogP contribution in [0.5, 0.6) is 0 Å². The Morgan fingerprint density at radius 2 is 1.86 bits per heavy atom. The summed E-state index contributed by atoms with van der Waals surface area (Å²) < 4.78 is 65.7. The molecule has 0 unspecified atom stereocenters. The Kier molecular flexibility index (Phi) is 5.59. The van der Waals surface area contributed by atoms with Crippen molar-refractivity contribution in [2.75, 3.05) is 29.4 Å². The summed E-state index contributed by atoms with van der Waals surface area (Å²) in [7, 11) is 0. The van der Waals surface area contributed by atoms with Crippen LogP contribution in [0.1, 0.15) is 30.5 Å². The number of fused-ring (bicyclic) bond motifs is 1. The van der Waals surface area contributed by atoms with Gasteiger partial charge in [-0.3, -0.25) is 4.79 Å². The van der Waals surface area contributed by atoms with Crippen LogP contribution in [0, 0.1) is 12.3 Å². The van der Waals surface area contributed by atoms with Crippen LogP contribution in [0.15, 0.2) is 24.7 Å². The van der Waals surface area contributed by atoms with E-state index in [4.69, 9.17) is 0 Å². The molecule has 8 nitrogen and oxygen atoms in total. The second-order valence-electron chi connectivity index (χ2n) is 9.15. The third-order valence-corrected chi connectivity index (χ3v) is 6.78. The average Bonchev–Trinajstić information content (AvgIpc) is 3.33. The van der Waals surface area contributed by atoms with E-state index >= 15 is 0 Å². The van der Waals surface area contributed by atoms with Gasteiger partial charge in [0, 0.05) is 31.5 Å². The van der Waals surface area contributed by atoms with E-state index in [1.807, 2.05) is 4.90 Å². The zero-order valence-electron chi connectivity index (χ0n) is 18.8. The van der Waals surface area contributed by atoms with Crippen LogP contribution in [0.25, 0.3) is 11.2 Å². The van der Waals surface area contributed by atoms with Crippen LogP contribution in [-0.2, 0) is 17.5 Å². The molecule has 35 heavy (non-hydrogen) atoms. The minimum atomic E-state index is -4.55. The molecule has 0 aromatic carbocycles. The molecule has 5 heterocycles. The quantitative estimate of drug-likeness (QED) is 0.512. The maximum atomic E-state index is 13.0. The predicted octanol–water partition coefficient (Wildman–Crippen LogP) is 3.84. The molecule has 1 spiro atoms. The van der Waals surface area contributed by atoms with Gasteiger partial charge in [-0.25, -0.2) is 28.4 Å². The number of aryl methyl sites for hydroxylation is 1. The van der Waals surface area contributed by atoms with Gasteiger partial charge >= 0.3 is 6.18 Å². The summed E-state index contributed by atoms with van der Waals surface area (Å²) in [6.07, 6.45) is -1.38. The average molecular weight is 495 g/mol. The minimum absolute atomic E-state index is 0.139. The first-order valence-electron chi connectivity index (χ1n) is 11.1. The lowest BCUT2D eigenvalue weighted by atomic mass is 9.77. The Balaban J connectivity index is 1.30. The molecule has 13 heteroatoms. The van der Waals surface area contributed by atoms with Crippen LogP contribution in [0.3, 0.4) is 0 Å². The molecule has 0 N–H and O–H groups in total. The fourth-order valence-corrected chi connectivity index (χ4v) is 4.90. The smallest absolute Gasteiger partial charge is 0.355 e. The van der Waals surface area contributed by atoms with Gasteiger partial charge in [0.1, 0.15) is 23.6 Å². The molecule has 2 aliphatic rings. The topological polar surface area (TPSA) is 80.0 Å². The largest absolute Gasteiger partial charge is 0.433 e. The van der Waals surface area contributed by atoms with Crippen molar-refractivity contribution >= 4 is 28.6 Å². The number of hydrogen-bond acceptors (Lipinski definition) is 6. The van der Waals surface area contributed by atoms with E-state index in [1.54, 1.807) is 13.1 Å². The summed E-state index contributed by atoms with van der Waals surface area (Å²) in [5.74, 6) is 0.410. The van der Waals surface area contributed by atoms with Crippen molar-refractivity contribution in [3.8, 4) is 0 Å². The summed E-state index contributed by atoms with van der Waals surface area (Å²) >= 11 is 0. The number of aromatic nitrogens is 5. The van der Waals surface area contributed by atoms with Crippen LogP contribution in [-0.4, -0.2) is 56.7 Å². The van der Waals surface area contributed by atoms with E-state index in [1.165, 1.54) is 11.1 Å². The maximum absolute atomic E-state index is 13.0. The Morgan fingerprint density at radius 3 is 2.51 bits per heavy atom. The lowest BCUT2D eigenvalue weighted by molar-refractivity contribution is -0.141. The van der Waals surface area contributed by atoms with Crippen LogP contribution < -0.4 is 9.80 Å². The zero-order chi connectivity index (χ0) is 25.0. The monoisotopic (exact) mass is 495 g/mol. The van der Waals surface area contributed by atoms with E-state index in [2.05, 4.69) is 20.1 Å². The number of carbonyl (C=O) groups is 1. The third-order valence-electron chi connectivity index (χ3n) is 6.78. The summed E-state index contributed by atoms with van der Waals surface area (Å²) in [5, 5.41) is 3.93. The predicted molar refractivity (Wildman–Crippen MR) is 116 cm³/mol. The molecule has 0 aliphatic carbocycles. The van der Waals surface area contributed by atoms with Crippen molar-refractivity contribution in [2.45, 2.75) is 45.3 Å². The first kappa shape index (κ1) is 23.4. The second-order valence-corrected chi connectivity index (χ2v) is 9.15. The van der Waals surface area contributed by atoms with E-state index in [0.29, 0.717) is 61.5 Å². The van der Waals surface area contributed by atoms with Crippen LogP contribution >= 0.6 is 0 Å². The number of pyridine rings is 1. The van der Waals surface area contributed by atoms with Gasteiger partial charge in [0.25, 0.3) is 6.43 Å². The number of amides is 1. The molecule has 0 saturated carbocycles. The van der Waals surface area contributed by atoms with Crippen molar-refractivity contribution in [3.63, 3.8) is 0 Å². The Labute approximate surface area is 196 Å². The fraction of sp³-hybridized carbons (Fsp3) is 0.500. The lowest BCUT2D eigenvalue weighted by Crippen LogP contribution is -2.42. The van der Waals surface area contributed by atoms with Crippen LogP contribution in [0.4, 0.5) is 33.5 Å². The molecule has 186 valence electrons.